The van der Waals surface area contributed by atoms with Crippen molar-refractivity contribution in [3.63, 3.8) is 0 Å². The summed E-state index contributed by atoms with van der Waals surface area (Å²) in [5, 5.41) is 0. The van der Waals surface area contributed by atoms with Crippen molar-refractivity contribution in [2.45, 2.75) is 20.3 Å². The summed E-state index contributed by atoms with van der Waals surface area (Å²) < 4.78 is 4.52. The molecule has 1 aromatic rings. The third-order valence-electron chi connectivity index (χ3n) is 2.34. The highest BCUT2D eigenvalue weighted by molar-refractivity contribution is 6.00. The molecule has 0 spiro atoms. The van der Waals surface area contributed by atoms with Gasteiger partial charge in [-0.05, 0) is 13.8 Å². The van der Waals surface area contributed by atoms with E-state index in [2.05, 4.69) is 9.72 Å². The van der Waals surface area contributed by atoms with Gasteiger partial charge in [0.15, 0.2) is 12.1 Å². The molecule has 0 radical (unpaired) electrons. The number of aromatic nitrogens is 1. The fraction of sp³-hybridized carbons (Fsp3) is 0.364. The van der Waals surface area contributed by atoms with E-state index in [1.807, 2.05) is 0 Å². The number of carbonyl (C=O) groups excluding carboxylic acids is 3. The molecule has 0 unspecified atom stereocenters. The molecule has 5 heteroatoms. The summed E-state index contributed by atoms with van der Waals surface area (Å²) in [5.74, 6) is -0.662. The lowest BCUT2D eigenvalue weighted by molar-refractivity contribution is -0.139. The molecule has 0 amide bonds. The van der Waals surface area contributed by atoms with Crippen LogP contribution in [-0.4, -0.2) is 30.1 Å². The number of carbonyl (C=O) groups is 3. The Bertz CT molecular complexity index is 445. The van der Waals surface area contributed by atoms with Crippen molar-refractivity contribution >= 4 is 18.0 Å². The van der Waals surface area contributed by atoms with Crippen LogP contribution >= 0.6 is 0 Å². The zero-order chi connectivity index (χ0) is 12.3. The highest BCUT2D eigenvalue weighted by Crippen LogP contribution is 2.19. The number of aldehydes is 1. The lowest BCUT2D eigenvalue weighted by Crippen LogP contribution is -2.09. The van der Waals surface area contributed by atoms with Gasteiger partial charge in [0.2, 0.25) is 0 Å². The van der Waals surface area contributed by atoms with Crippen LogP contribution in [0.25, 0.3) is 0 Å². The van der Waals surface area contributed by atoms with E-state index in [0.29, 0.717) is 23.1 Å². The van der Waals surface area contributed by atoms with Crippen LogP contribution in [0.1, 0.15) is 39.0 Å². The second-order valence-electron chi connectivity index (χ2n) is 3.44. The van der Waals surface area contributed by atoms with Gasteiger partial charge in [0.25, 0.3) is 0 Å². The highest BCUT2D eigenvalue weighted by Gasteiger charge is 2.20. The number of H-pyrrole nitrogens is 1. The predicted octanol–water partition coefficient (Wildman–Crippen LogP) is 1.05. The maximum atomic E-state index is 11.4. The van der Waals surface area contributed by atoms with Gasteiger partial charge in [0, 0.05) is 16.8 Å². The fourth-order valence-electron chi connectivity index (χ4n) is 1.68. The van der Waals surface area contributed by atoms with E-state index in [4.69, 9.17) is 0 Å². The number of rotatable bonds is 4. The van der Waals surface area contributed by atoms with Crippen LogP contribution < -0.4 is 0 Å². The van der Waals surface area contributed by atoms with Crippen LogP contribution in [0.15, 0.2) is 0 Å². The van der Waals surface area contributed by atoms with Crippen LogP contribution in [0.2, 0.25) is 0 Å². The van der Waals surface area contributed by atoms with E-state index in [1.165, 1.54) is 14.0 Å². The number of aryl methyl sites for hydroxylation is 1. The molecule has 1 rings (SSSR count). The summed E-state index contributed by atoms with van der Waals surface area (Å²) in [6.45, 7) is 3.08. The van der Waals surface area contributed by atoms with E-state index in [-0.39, 0.29) is 17.9 Å². The zero-order valence-electron chi connectivity index (χ0n) is 9.42. The number of nitrogens with one attached hydrogen (secondary N) is 1. The van der Waals surface area contributed by atoms with E-state index in [9.17, 15) is 14.4 Å². The van der Waals surface area contributed by atoms with Crippen LogP contribution in [0, 0.1) is 6.92 Å². The number of ether oxygens (including phenoxy) is 1. The van der Waals surface area contributed by atoms with Gasteiger partial charge in [0.05, 0.1) is 19.2 Å². The summed E-state index contributed by atoms with van der Waals surface area (Å²) >= 11 is 0. The normalized spacial score (nSPS) is 9.94. The van der Waals surface area contributed by atoms with E-state index < -0.39 is 5.97 Å². The maximum absolute atomic E-state index is 11.4. The summed E-state index contributed by atoms with van der Waals surface area (Å²) in [6, 6.07) is 0. The Kier molecular flexibility index (Phi) is 3.60. The smallest absolute Gasteiger partial charge is 0.310 e. The van der Waals surface area contributed by atoms with Crippen molar-refractivity contribution in [2.24, 2.45) is 0 Å². The molecule has 1 aromatic heterocycles. The number of ketones is 1. The van der Waals surface area contributed by atoms with Crippen molar-refractivity contribution in [1.29, 1.82) is 0 Å². The van der Waals surface area contributed by atoms with Crippen molar-refractivity contribution < 1.29 is 19.1 Å². The molecule has 0 saturated heterocycles. The van der Waals surface area contributed by atoms with Gasteiger partial charge in [-0.1, -0.05) is 0 Å². The van der Waals surface area contributed by atoms with Gasteiger partial charge in [-0.2, -0.15) is 0 Å². The fourth-order valence-corrected chi connectivity index (χ4v) is 1.68. The first-order valence-electron chi connectivity index (χ1n) is 4.75. The standard InChI is InChI=1S/C11H13NO4/c1-6-11(7(2)14)8(4-10(15)16-3)9(5-13)12-6/h5,12H,4H2,1-3H3. The summed E-state index contributed by atoms with van der Waals surface area (Å²) in [7, 11) is 1.26. The van der Waals surface area contributed by atoms with Gasteiger partial charge in [0.1, 0.15) is 0 Å². The predicted molar refractivity (Wildman–Crippen MR) is 56.6 cm³/mol. The average Bonchev–Trinajstić information content (AvgIpc) is 2.54. The summed E-state index contributed by atoms with van der Waals surface area (Å²) in [6.07, 6.45) is 0.515. The molecule has 0 saturated carbocycles. The molecule has 86 valence electrons. The molecular formula is C11H13NO4. The Hall–Kier alpha value is -1.91. The van der Waals surface area contributed by atoms with Crippen LogP contribution in [0.4, 0.5) is 0 Å². The highest BCUT2D eigenvalue weighted by atomic mass is 16.5. The second-order valence-corrected chi connectivity index (χ2v) is 3.44. The van der Waals surface area contributed by atoms with Gasteiger partial charge in [-0.15, -0.1) is 0 Å². The maximum Gasteiger partial charge on any atom is 0.310 e. The number of Topliss-reactive ketones (excluding diaryl/α,β-unsaturated/α-hetero) is 1. The first-order valence-corrected chi connectivity index (χ1v) is 4.75. The van der Waals surface area contributed by atoms with E-state index in [1.54, 1.807) is 6.92 Å². The Morgan fingerprint density at radius 1 is 1.44 bits per heavy atom. The van der Waals surface area contributed by atoms with Crippen LogP contribution in [0.3, 0.4) is 0 Å². The van der Waals surface area contributed by atoms with Crippen molar-refractivity contribution in [2.75, 3.05) is 7.11 Å². The van der Waals surface area contributed by atoms with Gasteiger partial charge >= 0.3 is 5.97 Å². The summed E-state index contributed by atoms with van der Waals surface area (Å²) in [5.41, 5.74) is 1.65. The zero-order valence-corrected chi connectivity index (χ0v) is 9.42. The minimum absolute atomic E-state index is 0.0795. The average molecular weight is 223 g/mol. The first-order chi connectivity index (χ1) is 7.51. The number of methoxy groups -OCH3 is 1. The van der Waals surface area contributed by atoms with Crippen LogP contribution in [0.5, 0.6) is 0 Å². The van der Waals surface area contributed by atoms with Gasteiger partial charge in [-0.25, -0.2) is 0 Å². The first kappa shape index (κ1) is 12.2. The molecular weight excluding hydrogens is 210 g/mol. The number of hydrogen-bond donors (Lipinski definition) is 1. The number of aromatic amines is 1. The lowest BCUT2D eigenvalue weighted by Gasteiger charge is -2.01. The third kappa shape index (κ3) is 2.18. The van der Waals surface area contributed by atoms with Crippen molar-refractivity contribution in [3.05, 3.63) is 22.5 Å². The molecule has 0 aliphatic rings. The molecule has 1 heterocycles. The van der Waals surface area contributed by atoms with Gasteiger partial charge < -0.3 is 9.72 Å². The minimum atomic E-state index is -0.482. The SMILES string of the molecule is COC(=O)Cc1c(C=O)[nH]c(C)c1C(C)=O. The van der Waals surface area contributed by atoms with Crippen molar-refractivity contribution in [3.8, 4) is 0 Å². The minimum Gasteiger partial charge on any atom is -0.469 e. The molecule has 0 aliphatic heterocycles. The molecule has 0 aromatic carbocycles. The summed E-state index contributed by atoms with van der Waals surface area (Å²) in [4.78, 5) is 36.1. The Labute approximate surface area is 92.8 Å². The third-order valence-corrected chi connectivity index (χ3v) is 2.34. The molecule has 0 bridgehead atoms. The van der Waals surface area contributed by atoms with E-state index in [0.717, 1.165) is 0 Å². The molecule has 0 fully saturated rings. The van der Waals surface area contributed by atoms with Crippen LogP contribution in [-0.2, 0) is 16.0 Å². The van der Waals surface area contributed by atoms with Crippen molar-refractivity contribution in [1.82, 2.24) is 4.98 Å². The number of hydrogen-bond acceptors (Lipinski definition) is 4. The molecule has 0 atom stereocenters. The molecule has 16 heavy (non-hydrogen) atoms. The molecule has 0 aliphatic carbocycles. The lowest BCUT2D eigenvalue weighted by atomic mass is 10.0. The Balaban J connectivity index is 3.26. The topological polar surface area (TPSA) is 76.2 Å². The van der Waals surface area contributed by atoms with Gasteiger partial charge in [-0.3, -0.25) is 14.4 Å². The molecule has 1 N–H and O–H groups in total. The largest absolute Gasteiger partial charge is 0.469 e. The molecule has 5 nitrogen and oxygen atoms in total. The number of esters is 1. The monoisotopic (exact) mass is 223 g/mol. The van der Waals surface area contributed by atoms with E-state index >= 15 is 0 Å². The quantitative estimate of drug-likeness (QED) is 0.470. The Morgan fingerprint density at radius 3 is 2.50 bits per heavy atom. The second kappa shape index (κ2) is 4.74. The Morgan fingerprint density at radius 2 is 2.06 bits per heavy atom.